The molecule has 0 amide bonds. The van der Waals surface area contributed by atoms with E-state index in [2.05, 4.69) is 20.8 Å². The Labute approximate surface area is 122 Å². The molecule has 0 aliphatic heterocycles. The summed E-state index contributed by atoms with van der Waals surface area (Å²) in [6, 6.07) is 7.98. The molecule has 2 aromatic rings. The number of ether oxygens (including phenoxy) is 1. The lowest BCUT2D eigenvalue weighted by Crippen LogP contribution is -2.08. The van der Waals surface area contributed by atoms with Gasteiger partial charge in [0, 0.05) is 10.9 Å². The van der Waals surface area contributed by atoms with E-state index < -0.39 is 5.82 Å². The fourth-order valence-electron chi connectivity index (χ4n) is 1.80. The van der Waals surface area contributed by atoms with Crippen LogP contribution in [0.4, 0.5) is 4.39 Å². The minimum Gasteiger partial charge on any atom is -0.497 e. The summed E-state index contributed by atoms with van der Waals surface area (Å²) in [6.45, 7) is 6.25. The Bertz CT molecular complexity index is 638. The highest BCUT2D eigenvalue weighted by Crippen LogP contribution is 2.31. The fourth-order valence-corrected chi connectivity index (χ4v) is 2.82. The second-order valence-electron chi connectivity index (χ2n) is 5.59. The molecule has 0 radical (unpaired) electrons. The highest BCUT2D eigenvalue weighted by molar-refractivity contribution is 7.14. The SMILES string of the molecule is COc1ccc(C(=O)c2ccc(C(C)(C)C)s2)c(F)c1. The van der Waals surface area contributed by atoms with Crippen molar-refractivity contribution >= 4 is 17.1 Å². The molecule has 2 rings (SSSR count). The molecule has 0 unspecified atom stereocenters. The second-order valence-corrected chi connectivity index (χ2v) is 6.67. The third-order valence-electron chi connectivity index (χ3n) is 2.99. The Morgan fingerprint density at radius 1 is 1.20 bits per heavy atom. The van der Waals surface area contributed by atoms with Gasteiger partial charge in [-0.05, 0) is 29.7 Å². The lowest BCUT2D eigenvalue weighted by atomic mass is 9.95. The summed E-state index contributed by atoms with van der Waals surface area (Å²) in [5.41, 5.74) is 0.0647. The molecule has 0 bridgehead atoms. The highest BCUT2D eigenvalue weighted by atomic mass is 32.1. The summed E-state index contributed by atoms with van der Waals surface area (Å²) in [7, 11) is 1.46. The van der Waals surface area contributed by atoms with Gasteiger partial charge in [0.2, 0.25) is 5.78 Å². The molecular formula is C16H17FO2S. The molecular weight excluding hydrogens is 275 g/mol. The quantitative estimate of drug-likeness (QED) is 0.783. The minimum atomic E-state index is -0.556. The van der Waals surface area contributed by atoms with E-state index in [0.29, 0.717) is 10.6 Å². The minimum absolute atomic E-state index is 0.0123. The number of carbonyl (C=O) groups excluding carboxylic acids is 1. The Morgan fingerprint density at radius 3 is 2.40 bits per heavy atom. The first-order valence-electron chi connectivity index (χ1n) is 6.31. The first kappa shape index (κ1) is 14.7. The molecule has 0 spiro atoms. The number of thiophene rings is 1. The molecule has 1 heterocycles. The number of halogens is 1. The fraction of sp³-hybridized carbons (Fsp3) is 0.312. The molecule has 0 N–H and O–H groups in total. The van der Waals surface area contributed by atoms with Crippen molar-refractivity contribution in [1.82, 2.24) is 0 Å². The van der Waals surface area contributed by atoms with Crippen molar-refractivity contribution < 1.29 is 13.9 Å². The van der Waals surface area contributed by atoms with Crippen LogP contribution in [0.5, 0.6) is 5.75 Å². The zero-order valence-electron chi connectivity index (χ0n) is 12.0. The Balaban J connectivity index is 2.34. The molecule has 4 heteroatoms. The maximum absolute atomic E-state index is 13.9. The number of benzene rings is 1. The first-order valence-corrected chi connectivity index (χ1v) is 7.13. The summed E-state index contributed by atoms with van der Waals surface area (Å²) >= 11 is 1.41. The van der Waals surface area contributed by atoms with E-state index in [1.54, 1.807) is 12.1 Å². The summed E-state index contributed by atoms with van der Waals surface area (Å²) in [4.78, 5) is 14.0. The molecule has 1 aromatic carbocycles. The summed E-state index contributed by atoms with van der Waals surface area (Å²) in [5.74, 6) is -0.439. The van der Waals surface area contributed by atoms with E-state index >= 15 is 0 Å². The number of rotatable bonds is 3. The van der Waals surface area contributed by atoms with Gasteiger partial charge in [-0.2, -0.15) is 0 Å². The molecule has 106 valence electrons. The van der Waals surface area contributed by atoms with E-state index in [-0.39, 0.29) is 16.8 Å². The van der Waals surface area contributed by atoms with Gasteiger partial charge in [0.15, 0.2) is 0 Å². The average molecular weight is 292 g/mol. The van der Waals surface area contributed by atoms with Crippen molar-refractivity contribution in [3.63, 3.8) is 0 Å². The monoisotopic (exact) mass is 292 g/mol. The molecule has 20 heavy (non-hydrogen) atoms. The van der Waals surface area contributed by atoms with Gasteiger partial charge in [0.25, 0.3) is 0 Å². The van der Waals surface area contributed by atoms with Crippen molar-refractivity contribution in [3.8, 4) is 5.75 Å². The van der Waals surface area contributed by atoms with E-state index in [4.69, 9.17) is 4.74 Å². The van der Waals surface area contributed by atoms with E-state index in [1.807, 2.05) is 6.07 Å². The molecule has 0 aliphatic rings. The topological polar surface area (TPSA) is 26.3 Å². The Morgan fingerprint density at radius 2 is 1.90 bits per heavy atom. The van der Waals surface area contributed by atoms with E-state index in [1.165, 1.54) is 30.6 Å². The predicted octanol–water partition coefficient (Wildman–Crippen LogP) is 4.42. The van der Waals surface area contributed by atoms with Crippen LogP contribution < -0.4 is 4.74 Å². The Kier molecular flexibility index (Phi) is 3.95. The smallest absolute Gasteiger partial charge is 0.205 e. The largest absolute Gasteiger partial charge is 0.497 e. The molecule has 2 nitrogen and oxygen atoms in total. The van der Waals surface area contributed by atoms with Crippen LogP contribution in [0.3, 0.4) is 0 Å². The second kappa shape index (κ2) is 5.37. The normalized spacial score (nSPS) is 11.4. The van der Waals surface area contributed by atoms with Crippen LogP contribution in [0.25, 0.3) is 0 Å². The zero-order chi connectivity index (χ0) is 14.9. The average Bonchev–Trinajstić information content (AvgIpc) is 2.87. The lowest BCUT2D eigenvalue weighted by Gasteiger charge is -2.15. The third kappa shape index (κ3) is 2.90. The molecule has 0 atom stereocenters. The van der Waals surface area contributed by atoms with E-state index in [9.17, 15) is 9.18 Å². The number of hydrogen-bond acceptors (Lipinski definition) is 3. The number of ketones is 1. The molecule has 0 saturated carbocycles. The molecule has 1 aromatic heterocycles. The van der Waals surface area contributed by atoms with Crippen LogP contribution >= 0.6 is 11.3 Å². The zero-order valence-corrected chi connectivity index (χ0v) is 12.8. The van der Waals surface area contributed by atoms with Gasteiger partial charge in [0.1, 0.15) is 11.6 Å². The maximum atomic E-state index is 13.9. The molecule has 0 saturated heterocycles. The lowest BCUT2D eigenvalue weighted by molar-refractivity contribution is 0.103. The first-order chi connectivity index (χ1) is 9.32. The maximum Gasteiger partial charge on any atom is 0.205 e. The van der Waals surface area contributed by atoms with Gasteiger partial charge >= 0.3 is 0 Å². The van der Waals surface area contributed by atoms with Crippen molar-refractivity contribution in [1.29, 1.82) is 0 Å². The van der Waals surface area contributed by atoms with Crippen LogP contribution in [0.15, 0.2) is 30.3 Å². The molecule has 0 fully saturated rings. The van der Waals surface area contributed by atoms with Crippen LogP contribution in [-0.2, 0) is 5.41 Å². The van der Waals surface area contributed by atoms with Crippen molar-refractivity contribution in [2.75, 3.05) is 7.11 Å². The summed E-state index contributed by atoms with van der Waals surface area (Å²) in [5, 5.41) is 0. The van der Waals surface area contributed by atoms with Gasteiger partial charge < -0.3 is 4.74 Å². The van der Waals surface area contributed by atoms with Crippen LogP contribution in [0.2, 0.25) is 0 Å². The van der Waals surface area contributed by atoms with Crippen LogP contribution in [-0.4, -0.2) is 12.9 Å². The Hall–Kier alpha value is -1.68. The third-order valence-corrected chi connectivity index (χ3v) is 4.50. The number of methoxy groups -OCH3 is 1. The number of carbonyl (C=O) groups is 1. The van der Waals surface area contributed by atoms with Gasteiger partial charge in [-0.1, -0.05) is 20.8 Å². The summed E-state index contributed by atoms with van der Waals surface area (Å²) < 4.78 is 18.9. The highest BCUT2D eigenvalue weighted by Gasteiger charge is 2.21. The number of hydrogen-bond donors (Lipinski definition) is 0. The van der Waals surface area contributed by atoms with Gasteiger partial charge in [0.05, 0.1) is 17.6 Å². The van der Waals surface area contributed by atoms with Gasteiger partial charge in [-0.3, -0.25) is 4.79 Å². The van der Waals surface area contributed by atoms with Crippen molar-refractivity contribution in [3.05, 3.63) is 51.5 Å². The standard InChI is InChI=1S/C16H17FO2S/c1-16(2,3)14-8-7-13(20-14)15(18)11-6-5-10(19-4)9-12(11)17/h5-9H,1-4H3. The molecule has 0 aliphatic carbocycles. The van der Waals surface area contributed by atoms with Crippen molar-refractivity contribution in [2.45, 2.75) is 26.2 Å². The van der Waals surface area contributed by atoms with Gasteiger partial charge in [-0.15, -0.1) is 11.3 Å². The van der Waals surface area contributed by atoms with Crippen LogP contribution in [0, 0.1) is 5.82 Å². The van der Waals surface area contributed by atoms with Gasteiger partial charge in [-0.25, -0.2) is 4.39 Å². The van der Waals surface area contributed by atoms with E-state index in [0.717, 1.165) is 4.88 Å². The summed E-state index contributed by atoms with van der Waals surface area (Å²) in [6.07, 6.45) is 0. The van der Waals surface area contributed by atoms with Crippen molar-refractivity contribution in [2.24, 2.45) is 0 Å². The predicted molar refractivity (Wildman–Crippen MR) is 79.4 cm³/mol. The van der Waals surface area contributed by atoms with Crippen LogP contribution in [0.1, 0.15) is 40.9 Å².